The largest absolute Gasteiger partial charge is 0.411 e. The van der Waals surface area contributed by atoms with Gasteiger partial charge in [-0.05, 0) is 23.9 Å². The van der Waals surface area contributed by atoms with Crippen molar-refractivity contribution in [3.8, 4) is 0 Å². The van der Waals surface area contributed by atoms with Gasteiger partial charge in [0, 0.05) is 30.1 Å². The van der Waals surface area contributed by atoms with Crippen molar-refractivity contribution in [1.82, 2.24) is 4.90 Å². The fraction of sp³-hybridized carbons (Fsp3) is 0.375. The van der Waals surface area contributed by atoms with Crippen molar-refractivity contribution in [2.45, 2.75) is 19.8 Å². The number of amides is 1. The fourth-order valence-corrected chi connectivity index (χ4v) is 3.87. The Morgan fingerprint density at radius 1 is 1.48 bits per heavy atom. The molecule has 1 aliphatic rings. The van der Waals surface area contributed by atoms with Crippen LogP contribution < -0.4 is 0 Å². The molecular weight excluding hydrogens is 284 g/mol. The van der Waals surface area contributed by atoms with Gasteiger partial charge in [0.15, 0.2) is 0 Å². The van der Waals surface area contributed by atoms with Crippen LogP contribution in [0.5, 0.6) is 0 Å². The van der Waals surface area contributed by atoms with Crippen molar-refractivity contribution >= 4 is 33.0 Å². The molecule has 1 atom stereocenters. The number of rotatable bonds is 2. The predicted molar refractivity (Wildman–Crippen MR) is 85.3 cm³/mol. The number of carbonyl (C=O) groups is 1. The van der Waals surface area contributed by atoms with Gasteiger partial charge in [-0.25, -0.2) is 0 Å². The molecule has 1 aromatic carbocycles. The summed E-state index contributed by atoms with van der Waals surface area (Å²) < 4.78 is 1.14. The highest BCUT2D eigenvalue weighted by molar-refractivity contribution is 7.20. The quantitative estimate of drug-likeness (QED) is 0.680. The third-order valence-electron chi connectivity index (χ3n) is 4.09. The maximum atomic E-state index is 12.7. The minimum absolute atomic E-state index is 0.0895. The summed E-state index contributed by atoms with van der Waals surface area (Å²) in [6.45, 7) is 3.33. The Morgan fingerprint density at radius 3 is 3.00 bits per heavy atom. The van der Waals surface area contributed by atoms with E-state index in [0.717, 1.165) is 27.1 Å². The fourth-order valence-electron chi connectivity index (χ4n) is 2.84. The highest BCUT2D eigenvalue weighted by Crippen LogP contribution is 2.28. The summed E-state index contributed by atoms with van der Waals surface area (Å²) in [6.07, 6.45) is 1.54. The summed E-state index contributed by atoms with van der Waals surface area (Å²) in [5.41, 5.74) is 0.817. The predicted octanol–water partition coefficient (Wildman–Crippen LogP) is 3.60. The molecule has 0 aliphatic carbocycles. The van der Waals surface area contributed by atoms with Gasteiger partial charge in [0.25, 0.3) is 5.91 Å². The zero-order valence-corrected chi connectivity index (χ0v) is 12.8. The van der Waals surface area contributed by atoms with Crippen LogP contribution in [0, 0.1) is 5.92 Å². The van der Waals surface area contributed by atoms with Crippen LogP contribution in [-0.4, -0.2) is 34.8 Å². The topological polar surface area (TPSA) is 52.9 Å². The molecule has 1 aliphatic heterocycles. The van der Waals surface area contributed by atoms with E-state index in [1.54, 1.807) is 11.3 Å². The number of likely N-dealkylation sites (tertiary alicyclic amines) is 1. The second-order valence-electron chi connectivity index (χ2n) is 5.35. The Bertz CT molecular complexity index is 659. The highest BCUT2D eigenvalue weighted by Gasteiger charge is 2.28. The molecule has 1 unspecified atom stereocenters. The molecule has 0 bridgehead atoms. The number of hydrogen-bond donors (Lipinski definition) is 1. The maximum absolute atomic E-state index is 12.7. The number of thiophene rings is 1. The first-order valence-electron chi connectivity index (χ1n) is 7.21. The van der Waals surface area contributed by atoms with Gasteiger partial charge in [-0.1, -0.05) is 30.3 Å². The number of fused-ring (bicyclic) bond motifs is 1. The number of nitrogens with zero attached hydrogens (tertiary/aromatic N) is 2. The molecule has 0 saturated carbocycles. The van der Waals surface area contributed by atoms with E-state index in [1.165, 1.54) is 0 Å². The average molecular weight is 302 g/mol. The Labute approximate surface area is 127 Å². The van der Waals surface area contributed by atoms with Crippen LogP contribution in [0.3, 0.4) is 0 Å². The van der Waals surface area contributed by atoms with E-state index in [1.807, 2.05) is 35.2 Å². The molecule has 110 valence electrons. The zero-order chi connectivity index (χ0) is 14.8. The Morgan fingerprint density at radius 2 is 2.29 bits per heavy atom. The lowest BCUT2D eigenvalue weighted by atomic mass is 9.93. The Balaban J connectivity index is 1.82. The summed E-state index contributed by atoms with van der Waals surface area (Å²) in [6, 6.07) is 10.0. The van der Waals surface area contributed by atoms with Crippen molar-refractivity contribution < 1.29 is 10.0 Å². The van der Waals surface area contributed by atoms with Gasteiger partial charge in [0.05, 0.1) is 10.6 Å². The molecule has 2 heterocycles. The van der Waals surface area contributed by atoms with E-state index in [-0.39, 0.29) is 11.8 Å². The standard InChI is InChI=1S/C16H18N2O2S/c1-2-11-10-18(8-7-13(11)17-20)16(19)15-9-12-5-3-4-6-14(12)21-15/h3-6,9,11,20H,2,7-8,10H2,1H3/b17-13+. The number of piperidine rings is 1. The molecule has 5 heteroatoms. The van der Waals surface area contributed by atoms with E-state index >= 15 is 0 Å². The van der Waals surface area contributed by atoms with Gasteiger partial charge in [-0.3, -0.25) is 4.79 Å². The smallest absolute Gasteiger partial charge is 0.263 e. The molecule has 3 rings (SSSR count). The first-order valence-corrected chi connectivity index (χ1v) is 8.03. The lowest BCUT2D eigenvalue weighted by Crippen LogP contribution is -2.43. The minimum atomic E-state index is 0.0895. The maximum Gasteiger partial charge on any atom is 0.263 e. The summed E-state index contributed by atoms with van der Waals surface area (Å²) >= 11 is 1.54. The van der Waals surface area contributed by atoms with Gasteiger partial charge < -0.3 is 10.1 Å². The van der Waals surface area contributed by atoms with Crippen molar-refractivity contribution in [1.29, 1.82) is 0 Å². The van der Waals surface area contributed by atoms with Crippen molar-refractivity contribution in [2.75, 3.05) is 13.1 Å². The van der Waals surface area contributed by atoms with Crippen LogP contribution in [-0.2, 0) is 0 Å². The lowest BCUT2D eigenvalue weighted by molar-refractivity contribution is 0.0734. The molecule has 1 fully saturated rings. The van der Waals surface area contributed by atoms with E-state index in [2.05, 4.69) is 12.1 Å². The van der Waals surface area contributed by atoms with E-state index in [0.29, 0.717) is 19.5 Å². The molecule has 1 saturated heterocycles. The van der Waals surface area contributed by atoms with Crippen LogP contribution in [0.25, 0.3) is 10.1 Å². The van der Waals surface area contributed by atoms with Crippen LogP contribution in [0.2, 0.25) is 0 Å². The molecule has 1 amide bonds. The molecule has 21 heavy (non-hydrogen) atoms. The minimum Gasteiger partial charge on any atom is -0.411 e. The first-order chi connectivity index (χ1) is 10.2. The molecule has 0 spiro atoms. The number of benzene rings is 1. The third kappa shape index (κ3) is 2.65. The Kier molecular flexibility index (Phi) is 3.92. The van der Waals surface area contributed by atoms with E-state index in [4.69, 9.17) is 5.21 Å². The Hall–Kier alpha value is -1.88. The second kappa shape index (κ2) is 5.85. The summed E-state index contributed by atoms with van der Waals surface area (Å²) in [5, 5.41) is 13.5. The van der Waals surface area contributed by atoms with Crippen LogP contribution >= 0.6 is 11.3 Å². The van der Waals surface area contributed by atoms with Crippen molar-refractivity contribution in [3.05, 3.63) is 35.2 Å². The number of carbonyl (C=O) groups excluding carboxylic acids is 1. The molecular formula is C16H18N2O2S. The second-order valence-corrected chi connectivity index (χ2v) is 6.43. The highest BCUT2D eigenvalue weighted by atomic mass is 32.1. The summed E-state index contributed by atoms with van der Waals surface area (Å²) in [7, 11) is 0. The van der Waals surface area contributed by atoms with Crippen LogP contribution in [0.4, 0.5) is 0 Å². The van der Waals surface area contributed by atoms with Gasteiger partial charge in [-0.2, -0.15) is 0 Å². The lowest BCUT2D eigenvalue weighted by Gasteiger charge is -2.32. The monoisotopic (exact) mass is 302 g/mol. The SMILES string of the molecule is CCC1CN(C(=O)c2cc3ccccc3s2)CC/C1=N\O. The number of hydrogen-bond acceptors (Lipinski definition) is 4. The normalized spacial score (nSPS) is 21.1. The molecule has 2 aromatic rings. The summed E-state index contributed by atoms with van der Waals surface area (Å²) in [5.74, 6) is 0.258. The first kappa shape index (κ1) is 14.1. The molecule has 1 aromatic heterocycles. The average Bonchev–Trinajstić information content (AvgIpc) is 2.97. The van der Waals surface area contributed by atoms with Gasteiger partial charge in [-0.15, -0.1) is 11.3 Å². The molecule has 4 nitrogen and oxygen atoms in total. The van der Waals surface area contributed by atoms with E-state index in [9.17, 15) is 4.79 Å². The third-order valence-corrected chi connectivity index (χ3v) is 5.20. The van der Waals surface area contributed by atoms with Gasteiger partial charge in [0.2, 0.25) is 0 Å². The number of oxime groups is 1. The molecule has 1 N–H and O–H groups in total. The van der Waals surface area contributed by atoms with Gasteiger partial charge in [0.1, 0.15) is 0 Å². The van der Waals surface area contributed by atoms with Crippen LogP contribution in [0.15, 0.2) is 35.5 Å². The van der Waals surface area contributed by atoms with Crippen molar-refractivity contribution in [3.63, 3.8) is 0 Å². The van der Waals surface area contributed by atoms with Crippen LogP contribution in [0.1, 0.15) is 29.4 Å². The van der Waals surface area contributed by atoms with E-state index < -0.39 is 0 Å². The summed E-state index contributed by atoms with van der Waals surface area (Å²) in [4.78, 5) is 15.3. The van der Waals surface area contributed by atoms with Gasteiger partial charge >= 0.3 is 0 Å². The molecule has 0 radical (unpaired) electrons. The van der Waals surface area contributed by atoms with Crippen molar-refractivity contribution in [2.24, 2.45) is 11.1 Å². The zero-order valence-electron chi connectivity index (χ0n) is 12.0.